The molecule has 0 bridgehead atoms. The Morgan fingerprint density at radius 2 is 1.80 bits per heavy atom. The van der Waals surface area contributed by atoms with Crippen LogP contribution in [-0.4, -0.2) is 65.8 Å². The van der Waals surface area contributed by atoms with Gasteiger partial charge in [0.1, 0.15) is 0 Å². The highest BCUT2D eigenvalue weighted by atomic mass is 16.3. The van der Waals surface area contributed by atoms with Crippen LogP contribution in [0.15, 0.2) is 0 Å². The second-order valence-electron chi connectivity index (χ2n) is 7.68. The molecule has 0 radical (unpaired) electrons. The number of likely N-dealkylation sites (tertiary alicyclic amines) is 2. The van der Waals surface area contributed by atoms with E-state index in [-0.39, 0.29) is 24.1 Å². The number of hydrogen-bond donors (Lipinski definition) is 2. The molecule has 118 valence electrons. The second-order valence-corrected chi connectivity index (χ2v) is 7.68. The number of aliphatic hydroxyl groups is 1. The summed E-state index contributed by atoms with van der Waals surface area (Å²) in [6.07, 6.45) is 5.32. The molecule has 2 heterocycles. The fourth-order valence-electron chi connectivity index (χ4n) is 3.68. The highest BCUT2D eigenvalue weighted by Crippen LogP contribution is 2.27. The first-order valence-corrected chi connectivity index (χ1v) is 8.28. The summed E-state index contributed by atoms with van der Waals surface area (Å²) in [4.78, 5) is 5.08. The van der Waals surface area contributed by atoms with Crippen molar-refractivity contribution in [1.82, 2.24) is 9.80 Å². The predicted molar refractivity (Wildman–Crippen MR) is 83.7 cm³/mol. The van der Waals surface area contributed by atoms with E-state index in [1.165, 1.54) is 38.8 Å². The molecular weight excluding hydrogens is 250 g/mol. The maximum atomic E-state index is 9.78. The Morgan fingerprint density at radius 1 is 1.15 bits per heavy atom. The Bertz CT molecular complexity index is 297. The van der Waals surface area contributed by atoms with Crippen LogP contribution in [0.2, 0.25) is 0 Å². The Hall–Kier alpha value is -0.160. The molecule has 2 saturated heterocycles. The van der Waals surface area contributed by atoms with Gasteiger partial charge in [0.05, 0.1) is 6.61 Å². The average molecular weight is 283 g/mol. The van der Waals surface area contributed by atoms with Crippen molar-refractivity contribution in [3.05, 3.63) is 0 Å². The molecule has 3 atom stereocenters. The molecule has 3 unspecified atom stereocenters. The van der Waals surface area contributed by atoms with Gasteiger partial charge in [-0.05, 0) is 37.8 Å². The van der Waals surface area contributed by atoms with Gasteiger partial charge < -0.3 is 10.8 Å². The van der Waals surface area contributed by atoms with Crippen LogP contribution in [-0.2, 0) is 0 Å². The first kappa shape index (κ1) is 16.2. The van der Waals surface area contributed by atoms with Crippen molar-refractivity contribution in [2.24, 2.45) is 11.1 Å². The van der Waals surface area contributed by atoms with Gasteiger partial charge in [0.2, 0.25) is 0 Å². The summed E-state index contributed by atoms with van der Waals surface area (Å²) < 4.78 is 0. The molecule has 0 aliphatic carbocycles. The molecule has 3 N–H and O–H groups in total. The van der Waals surface area contributed by atoms with Gasteiger partial charge in [-0.25, -0.2) is 0 Å². The van der Waals surface area contributed by atoms with E-state index in [0.29, 0.717) is 6.04 Å². The maximum absolute atomic E-state index is 9.78. The van der Waals surface area contributed by atoms with E-state index < -0.39 is 0 Å². The van der Waals surface area contributed by atoms with E-state index in [1.807, 2.05) is 0 Å². The minimum Gasteiger partial charge on any atom is -0.395 e. The standard InChI is InChI=1S/C16H33N3O/c1-16(2,3)15(17)14(12-20)19-10-7-13(11-19)18-8-5-4-6-9-18/h13-15,20H,4-12,17H2,1-3H3. The van der Waals surface area contributed by atoms with Gasteiger partial charge >= 0.3 is 0 Å². The van der Waals surface area contributed by atoms with Gasteiger partial charge in [-0.2, -0.15) is 0 Å². The topological polar surface area (TPSA) is 52.7 Å². The second kappa shape index (κ2) is 6.73. The van der Waals surface area contributed by atoms with Crippen LogP contribution in [0.4, 0.5) is 0 Å². The molecule has 0 spiro atoms. The first-order valence-electron chi connectivity index (χ1n) is 8.28. The molecule has 2 fully saturated rings. The highest BCUT2D eigenvalue weighted by Gasteiger charge is 2.37. The summed E-state index contributed by atoms with van der Waals surface area (Å²) in [5.41, 5.74) is 6.43. The Morgan fingerprint density at radius 3 is 2.35 bits per heavy atom. The molecule has 2 aliphatic rings. The largest absolute Gasteiger partial charge is 0.395 e. The van der Waals surface area contributed by atoms with E-state index in [9.17, 15) is 5.11 Å². The zero-order valence-corrected chi connectivity index (χ0v) is 13.5. The van der Waals surface area contributed by atoms with Crippen LogP contribution in [0, 0.1) is 5.41 Å². The number of rotatable bonds is 4. The SMILES string of the molecule is CC(C)(C)C(N)C(CO)N1CCC(N2CCCCC2)C1. The molecule has 0 aromatic heterocycles. The fraction of sp³-hybridized carbons (Fsp3) is 1.00. The van der Waals surface area contributed by atoms with Crippen molar-refractivity contribution in [2.45, 2.75) is 64.6 Å². The van der Waals surface area contributed by atoms with Crippen LogP contribution in [0.25, 0.3) is 0 Å². The van der Waals surface area contributed by atoms with Crippen LogP contribution < -0.4 is 5.73 Å². The Labute approximate surface area is 124 Å². The number of nitrogens with two attached hydrogens (primary N) is 1. The van der Waals surface area contributed by atoms with E-state index in [1.54, 1.807) is 0 Å². The van der Waals surface area contributed by atoms with Crippen molar-refractivity contribution in [1.29, 1.82) is 0 Å². The summed E-state index contributed by atoms with van der Waals surface area (Å²) in [7, 11) is 0. The van der Waals surface area contributed by atoms with E-state index in [4.69, 9.17) is 5.73 Å². The van der Waals surface area contributed by atoms with Gasteiger partial charge in [-0.15, -0.1) is 0 Å². The van der Waals surface area contributed by atoms with Crippen molar-refractivity contribution in [3.8, 4) is 0 Å². The Balaban J connectivity index is 1.92. The van der Waals surface area contributed by atoms with E-state index >= 15 is 0 Å². The van der Waals surface area contributed by atoms with Crippen molar-refractivity contribution in [2.75, 3.05) is 32.8 Å². The minimum absolute atomic E-state index is 0.0209. The Kier molecular flexibility index (Phi) is 5.46. The number of piperidine rings is 1. The number of hydrogen-bond acceptors (Lipinski definition) is 4. The van der Waals surface area contributed by atoms with Crippen LogP contribution in [0.5, 0.6) is 0 Å². The molecule has 0 amide bonds. The maximum Gasteiger partial charge on any atom is 0.0602 e. The third kappa shape index (κ3) is 3.73. The molecule has 0 aromatic rings. The zero-order valence-electron chi connectivity index (χ0n) is 13.5. The third-order valence-electron chi connectivity index (χ3n) is 5.17. The van der Waals surface area contributed by atoms with E-state index in [2.05, 4.69) is 30.6 Å². The monoisotopic (exact) mass is 283 g/mol. The van der Waals surface area contributed by atoms with Crippen LogP contribution in [0.1, 0.15) is 46.5 Å². The predicted octanol–water partition coefficient (Wildman–Crippen LogP) is 1.28. The molecule has 2 rings (SSSR count). The zero-order chi connectivity index (χ0) is 14.8. The molecule has 2 aliphatic heterocycles. The van der Waals surface area contributed by atoms with E-state index in [0.717, 1.165) is 13.1 Å². The normalized spacial score (nSPS) is 29.6. The summed E-state index contributed by atoms with van der Waals surface area (Å²) in [6, 6.07) is 0.800. The summed E-state index contributed by atoms with van der Waals surface area (Å²) >= 11 is 0. The molecule has 4 nitrogen and oxygen atoms in total. The van der Waals surface area contributed by atoms with Crippen molar-refractivity contribution >= 4 is 0 Å². The summed E-state index contributed by atoms with van der Waals surface area (Å²) in [5.74, 6) is 0. The molecular formula is C16H33N3O. The smallest absolute Gasteiger partial charge is 0.0602 e. The summed E-state index contributed by atoms with van der Waals surface area (Å²) in [6.45, 7) is 11.3. The molecule has 20 heavy (non-hydrogen) atoms. The quantitative estimate of drug-likeness (QED) is 0.816. The lowest BCUT2D eigenvalue weighted by Crippen LogP contribution is -2.55. The van der Waals surface area contributed by atoms with Crippen molar-refractivity contribution < 1.29 is 5.11 Å². The lowest BCUT2D eigenvalue weighted by molar-refractivity contribution is 0.0777. The van der Waals surface area contributed by atoms with Crippen LogP contribution in [0.3, 0.4) is 0 Å². The van der Waals surface area contributed by atoms with Gasteiger partial charge in [-0.1, -0.05) is 27.2 Å². The lowest BCUT2D eigenvalue weighted by atomic mass is 9.82. The van der Waals surface area contributed by atoms with Crippen molar-refractivity contribution in [3.63, 3.8) is 0 Å². The number of aliphatic hydroxyl groups excluding tert-OH is 1. The molecule has 0 aromatic carbocycles. The first-order chi connectivity index (χ1) is 9.43. The molecule has 4 heteroatoms. The minimum atomic E-state index is 0.0209. The fourth-order valence-corrected chi connectivity index (χ4v) is 3.68. The number of nitrogens with zero attached hydrogens (tertiary/aromatic N) is 2. The van der Waals surface area contributed by atoms with Gasteiger partial charge in [-0.3, -0.25) is 9.80 Å². The lowest BCUT2D eigenvalue weighted by Gasteiger charge is -2.39. The third-order valence-corrected chi connectivity index (χ3v) is 5.17. The van der Waals surface area contributed by atoms with Gasteiger partial charge in [0, 0.05) is 31.2 Å². The molecule has 0 saturated carbocycles. The summed E-state index contributed by atoms with van der Waals surface area (Å²) in [5, 5.41) is 9.78. The highest BCUT2D eigenvalue weighted by molar-refractivity contribution is 4.95. The average Bonchev–Trinajstić information content (AvgIpc) is 2.89. The van der Waals surface area contributed by atoms with Crippen LogP contribution >= 0.6 is 0 Å². The van der Waals surface area contributed by atoms with Gasteiger partial charge in [0.25, 0.3) is 0 Å². The van der Waals surface area contributed by atoms with Gasteiger partial charge in [0.15, 0.2) is 0 Å².